The van der Waals surface area contributed by atoms with Crippen molar-refractivity contribution in [3.63, 3.8) is 0 Å². The first-order valence-electron chi connectivity index (χ1n) is 10.9. The molecule has 176 valence electrons. The summed E-state index contributed by atoms with van der Waals surface area (Å²) >= 11 is 0. The number of carbonyl (C=O) groups is 2. The molecule has 0 aliphatic heterocycles. The summed E-state index contributed by atoms with van der Waals surface area (Å²) in [7, 11) is -2.35. The number of carbonyl (C=O) groups excluding carboxylic acids is 2. The fourth-order valence-corrected chi connectivity index (χ4v) is 2.98. The molecule has 0 saturated carbocycles. The van der Waals surface area contributed by atoms with Crippen LogP contribution >= 0.6 is 0 Å². The lowest BCUT2D eigenvalue weighted by atomic mass is 9.86. The molecule has 0 radical (unpaired) electrons. The van der Waals surface area contributed by atoms with E-state index in [0.717, 1.165) is 5.56 Å². The van der Waals surface area contributed by atoms with Crippen molar-refractivity contribution in [3.05, 3.63) is 35.9 Å². The summed E-state index contributed by atoms with van der Waals surface area (Å²) in [4.78, 5) is 27.1. The average Bonchev–Trinajstić information content (AvgIpc) is 2.73. The monoisotopic (exact) mass is 448 g/mol. The van der Waals surface area contributed by atoms with Crippen LogP contribution in [-0.2, 0) is 20.9 Å². The minimum absolute atomic E-state index is 0.0683. The molecule has 1 aromatic rings. The van der Waals surface area contributed by atoms with Gasteiger partial charge in [-0.15, -0.1) is 0 Å². The topological polar surface area (TPSA) is 143 Å². The zero-order valence-electron chi connectivity index (χ0n) is 19.2. The molecule has 0 aliphatic rings. The lowest BCUT2D eigenvalue weighted by Gasteiger charge is -2.26. The Morgan fingerprint density at radius 1 is 0.969 bits per heavy atom. The maximum absolute atomic E-state index is 13.0. The first kappa shape index (κ1) is 28.1. The summed E-state index contributed by atoms with van der Waals surface area (Å²) in [5.41, 5.74) is 0.819. The summed E-state index contributed by atoms with van der Waals surface area (Å²) < 4.78 is 5.34. The van der Waals surface area contributed by atoms with Crippen LogP contribution < -0.4 is 15.7 Å². The van der Waals surface area contributed by atoms with Crippen molar-refractivity contribution in [1.29, 1.82) is 0 Å². The van der Waals surface area contributed by atoms with E-state index in [9.17, 15) is 24.7 Å². The maximum Gasteiger partial charge on any atom is 0.374 e. The molecule has 0 aromatic heterocycles. The Balaban J connectivity index is 2.72. The van der Waals surface area contributed by atoms with Gasteiger partial charge in [-0.1, -0.05) is 30.3 Å². The smallest absolute Gasteiger partial charge is 0.374 e. The lowest BCUT2D eigenvalue weighted by molar-refractivity contribution is -0.149. The third-order valence-corrected chi connectivity index (χ3v) is 4.55. The average molecular weight is 448 g/mol. The number of rotatable bonds is 16. The molecule has 32 heavy (non-hydrogen) atoms. The molecule has 0 saturated heterocycles. The number of ether oxygens (including phenoxy) is 1. The maximum atomic E-state index is 13.0. The zero-order valence-corrected chi connectivity index (χ0v) is 19.2. The highest BCUT2D eigenvalue weighted by Gasteiger charge is 2.28. The summed E-state index contributed by atoms with van der Waals surface area (Å²) in [5.74, 6) is -0.912. The molecule has 13 heteroatoms. The van der Waals surface area contributed by atoms with Crippen molar-refractivity contribution in [2.75, 3.05) is 26.2 Å². The Morgan fingerprint density at radius 2 is 1.59 bits per heavy atom. The van der Waals surface area contributed by atoms with Crippen molar-refractivity contribution >= 4 is 33.0 Å². The van der Waals surface area contributed by atoms with Crippen molar-refractivity contribution in [2.45, 2.75) is 46.0 Å². The second-order valence-corrected chi connectivity index (χ2v) is 7.69. The van der Waals surface area contributed by atoms with E-state index in [4.69, 9.17) is 4.74 Å². The van der Waals surface area contributed by atoms with Gasteiger partial charge in [-0.05, 0) is 39.0 Å². The quantitative estimate of drug-likeness (QED) is 0.105. The molecule has 0 fully saturated rings. The SMILES string of the molecule is CB(O)NCCCN(CCNB(C)O)C(=O)C[C@H](NB(C)O)C(=O)OCc1ccccc1. The van der Waals surface area contributed by atoms with Crippen LogP contribution in [0.15, 0.2) is 30.3 Å². The zero-order chi connectivity index (χ0) is 23.9. The molecule has 0 unspecified atom stereocenters. The Kier molecular flexibility index (Phi) is 13.9. The lowest BCUT2D eigenvalue weighted by Crippen LogP contribution is -2.49. The summed E-state index contributed by atoms with van der Waals surface area (Å²) in [6.45, 7) is 6.36. The summed E-state index contributed by atoms with van der Waals surface area (Å²) in [6.07, 6.45) is 0.412. The van der Waals surface area contributed by atoms with Gasteiger partial charge in [0.25, 0.3) is 0 Å². The fourth-order valence-electron chi connectivity index (χ4n) is 2.98. The van der Waals surface area contributed by atoms with Gasteiger partial charge in [0.15, 0.2) is 0 Å². The standard InChI is InChI=1S/C19H35B3N4O6/c1-20(29)23-10-7-12-26(13-11-24-21(2)30)18(27)14-17(25-22(3)31)19(28)32-15-16-8-5-4-6-9-16/h4-6,8-9,17,23-25,29-31H,7,10-15H2,1-3H3/t17-/m0/s1. The first-order valence-corrected chi connectivity index (χ1v) is 10.9. The van der Waals surface area contributed by atoms with Gasteiger partial charge in [-0.3, -0.25) is 9.59 Å². The van der Waals surface area contributed by atoms with Crippen LogP contribution in [0.5, 0.6) is 0 Å². The van der Waals surface area contributed by atoms with Crippen LogP contribution in [0.25, 0.3) is 0 Å². The fraction of sp³-hybridized carbons (Fsp3) is 0.579. The third kappa shape index (κ3) is 12.8. The highest BCUT2D eigenvalue weighted by Crippen LogP contribution is 2.07. The third-order valence-electron chi connectivity index (χ3n) is 4.55. The van der Waals surface area contributed by atoms with Gasteiger partial charge in [-0.25, -0.2) is 0 Å². The predicted octanol–water partition coefficient (Wildman–Crippen LogP) is -1.19. The van der Waals surface area contributed by atoms with Crippen LogP contribution in [-0.4, -0.2) is 85.2 Å². The van der Waals surface area contributed by atoms with Gasteiger partial charge in [0.1, 0.15) is 12.6 Å². The van der Waals surface area contributed by atoms with Crippen molar-refractivity contribution in [3.8, 4) is 0 Å². The van der Waals surface area contributed by atoms with Crippen LogP contribution in [0.4, 0.5) is 0 Å². The second kappa shape index (κ2) is 15.8. The molecule has 0 aliphatic carbocycles. The van der Waals surface area contributed by atoms with E-state index in [1.807, 2.05) is 30.3 Å². The molecule has 0 bridgehead atoms. The number of hydrogen-bond acceptors (Lipinski definition) is 9. The molecule has 0 heterocycles. The van der Waals surface area contributed by atoms with E-state index in [1.165, 1.54) is 6.82 Å². The van der Waals surface area contributed by atoms with Crippen molar-refractivity contribution < 1.29 is 29.4 Å². The molecule has 0 spiro atoms. The Morgan fingerprint density at radius 3 is 2.19 bits per heavy atom. The second-order valence-electron chi connectivity index (χ2n) is 7.69. The van der Waals surface area contributed by atoms with Crippen molar-refractivity contribution in [1.82, 2.24) is 20.6 Å². The van der Waals surface area contributed by atoms with E-state index in [1.54, 1.807) is 18.5 Å². The van der Waals surface area contributed by atoms with Crippen molar-refractivity contribution in [2.24, 2.45) is 0 Å². The largest absolute Gasteiger partial charge is 0.460 e. The predicted molar refractivity (Wildman–Crippen MR) is 126 cm³/mol. The highest BCUT2D eigenvalue weighted by molar-refractivity contribution is 6.46. The summed E-state index contributed by atoms with van der Waals surface area (Å²) in [6, 6.07) is 8.18. The first-order chi connectivity index (χ1) is 15.2. The van der Waals surface area contributed by atoms with E-state index in [0.29, 0.717) is 32.6 Å². The number of amides is 1. The number of benzene rings is 1. The van der Waals surface area contributed by atoms with Gasteiger partial charge >= 0.3 is 27.1 Å². The van der Waals surface area contributed by atoms with Gasteiger partial charge in [0, 0.05) is 19.6 Å². The van der Waals surface area contributed by atoms with E-state index >= 15 is 0 Å². The van der Waals surface area contributed by atoms with Gasteiger partial charge in [0.05, 0.1) is 6.42 Å². The van der Waals surface area contributed by atoms with Gasteiger partial charge < -0.3 is 40.4 Å². The minimum atomic E-state index is -1.01. The normalized spacial score (nSPS) is 11.6. The van der Waals surface area contributed by atoms with Crippen LogP contribution in [0, 0.1) is 0 Å². The number of esters is 1. The van der Waals surface area contributed by atoms with Crippen LogP contribution in [0.1, 0.15) is 18.4 Å². The molecule has 10 nitrogen and oxygen atoms in total. The number of nitrogens with zero attached hydrogens (tertiary/aromatic N) is 1. The Bertz CT molecular complexity index is 670. The Labute approximate surface area is 191 Å². The molecular weight excluding hydrogens is 413 g/mol. The highest BCUT2D eigenvalue weighted by atomic mass is 16.5. The molecule has 6 N–H and O–H groups in total. The van der Waals surface area contributed by atoms with Gasteiger partial charge in [-0.2, -0.15) is 0 Å². The molecular formula is C19H35B3N4O6. The van der Waals surface area contributed by atoms with E-state index < -0.39 is 33.2 Å². The molecule has 1 amide bonds. The van der Waals surface area contributed by atoms with Crippen LogP contribution in [0.3, 0.4) is 0 Å². The van der Waals surface area contributed by atoms with E-state index in [2.05, 4.69) is 15.7 Å². The summed E-state index contributed by atoms with van der Waals surface area (Å²) in [5, 5.41) is 36.8. The minimum Gasteiger partial charge on any atom is -0.460 e. The molecule has 1 rings (SSSR count). The van der Waals surface area contributed by atoms with Gasteiger partial charge in [0.2, 0.25) is 5.91 Å². The number of nitrogens with one attached hydrogen (secondary N) is 3. The van der Waals surface area contributed by atoms with Crippen LogP contribution in [0.2, 0.25) is 20.5 Å². The van der Waals surface area contributed by atoms with E-state index in [-0.39, 0.29) is 18.9 Å². The number of hydrogen-bond donors (Lipinski definition) is 6. The Hall–Kier alpha value is -1.89. The molecule has 1 atom stereocenters. The molecule has 1 aromatic carbocycles.